The molecule has 0 fully saturated rings. The topological polar surface area (TPSA) is 86.8 Å². The predicted octanol–water partition coefficient (Wildman–Crippen LogP) is 5.10. The lowest BCUT2D eigenvalue weighted by Gasteiger charge is -2.34. The molecular formula is C26H35Cl2N3O4S. The summed E-state index contributed by atoms with van der Waals surface area (Å²) in [5.41, 5.74) is 2.59. The first kappa shape index (κ1) is 29.9. The maximum Gasteiger partial charge on any atom is 0.244 e. The smallest absolute Gasteiger partial charge is 0.244 e. The summed E-state index contributed by atoms with van der Waals surface area (Å²) in [6.07, 6.45) is 2.15. The van der Waals surface area contributed by atoms with Crippen LogP contribution in [0.2, 0.25) is 10.0 Å². The van der Waals surface area contributed by atoms with Gasteiger partial charge in [-0.15, -0.1) is 0 Å². The number of anilines is 1. The Bertz CT molecular complexity index is 1180. The van der Waals surface area contributed by atoms with E-state index in [0.29, 0.717) is 27.7 Å². The van der Waals surface area contributed by atoms with E-state index >= 15 is 0 Å². The van der Waals surface area contributed by atoms with Gasteiger partial charge in [0, 0.05) is 12.6 Å². The minimum Gasteiger partial charge on any atom is -0.352 e. The molecule has 0 aliphatic heterocycles. The molecule has 0 aromatic heterocycles. The fourth-order valence-corrected chi connectivity index (χ4v) is 5.26. The number of carbonyl (C=O) groups excluding carboxylic acids is 2. The van der Waals surface area contributed by atoms with Crippen molar-refractivity contribution >= 4 is 50.7 Å². The van der Waals surface area contributed by atoms with Crippen LogP contribution in [0, 0.1) is 13.8 Å². The van der Waals surface area contributed by atoms with Crippen LogP contribution in [0.15, 0.2) is 36.4 Å². The third-order valence-electron chi connectivity index (χ3n) is 6.09. The third-order valence-corrected chi connectivity index (χ3v) is 7.94. The van der Waals surface area contributed by atoms with Crippen LogP contribution in [-0.4, -0.2) is 50.0 Å². The van der Waals surface area contributed by atoms with Gasteiger partial charge in [-0.05, 0) is 62.4 Å². The van der Waals surface area contributed by atoms with Crippen molar-refractivity contribution in [2.24, 2.45) is 0 Å². The minimum absolute atomic E-state index is 0.0620. The quantitative estimate of drug-likeness (QED) is 0.418. The number of hydrogen-bond acceptors (Lipinski definition) is 4. The zero-order valence-corrected chi connectivity index (χ0v) is 24.0. The number of benzene rings is 2. The van der Waals surface area contributed by atoms with E-state index in [9.17, 15) is 18.0 Å². The molecule has 198 valence electrons. The molecule has 0 aliphatic carbocycles. The predicted molar refractivity (Wildman–Crippen MR) is 147 cm³/mol. The zero-order chi connectivity index (χ0) is 27.2. The summed E-state index contributed by atoms with van der Waals surface area (Å²) in [5.74, 6) is -0.793. The average Bonchev–Trinajstić information content (AvgIpc) is 2.79. The maximum absolute atomic E-state index is 13.8. The number of rotatable bonds is 11. The van der Waals surface area contributed by atoms with E-state index in [2.05, 4.69) is 5.32 Å². The number of halogens is 2. The van der Waals surface area contributed by atoms with Gasteiger partial charge in [0.15, 0.2) is 0 Å². The van der Waals surface area contributed by atoms with E-state index in [4.69, 9.17) is 23.2 Å². The Kier molecular flexibility index (Phi) is 10.6. The van der Waals surface area contributed by atoms with Crippen molar-refractivity contribution in [3.63, 3.8) is 0 Å². The Hall–Kier alpha value is -2.29. The highest BCUT2D eigenvalue weighted by Gasteiger charge is 2.33. The van der Waals surface area contributed by atoms with Crippen molar-refractivity contribution in [2.75, 3.05) is 17.1 Å². The van der Waals surface area contributed by atoms with Crippen LogP contribution in [0.1, 0.15) is 50.3 Å². The molecule has 0 bridgehead atoms. The fourth-order valence-electron chi connectivity index (χ4n) is 3.97. The largest absolute Gasteiger partial charge is 0.352 e. The third kappa shape index (κ3) is 7.60. The van der Waals surface area contributed by atoms with Crippen molar-refractivity contribution in [3.05, 3.63) is 63.1 Å². The lowest BCUT2D eigenvalue weighted by molar-refractivity contribution is -0.140. The highest BCUT2D eigenvalue weighted by atomic mass is 35.5. The molecule has 0 radical (unpaired) electrons. The first-order valence-electron chi connectivity index (χ1n) is 11.9. The number of aryl methyl sites for hydroxylation is 2. The molecule has 2 amide bonds. The molecule has 10 heteroatoms. The van der Waals surface area contributed by atoms with Gasteiger partial charge in [-0.1, -0.05) is 61.3 Å². The minimum atomic E-state index is -3.81. The molecule has 1 N–H and O–H groups in total. The van der Waals surface area contributed by atoms with Crippen molar-refractivity contribution < 1.29 is 18.0 Å². The van der Waals surface area contributed by atoms with Crippen LogP contribution in [0.25, 0.3) is 0 Å². The number of hydrogen-bond donors (Lipinski definition) is 1. The Balaban J connectivity index is 2.52. The molecule has 7 nitrogen and oxygen atoms in total. The first-order chi connectivity index (χ1) is 16.8. The molecule has 0 saturated heterocycles. The van der Waals surface area contributed by atoms with Crippen molar-refractivity contribution in [2.45, 2.75) is 66.1 Å². The van der Waals surface area contributed by atoms with Gasteiger partial charge in [-0.2, -0.15) is 0 Å². The summed E-state index contributed by atoms with van der Waals surface area (Å²) >= 11 is 12.3. The molecule has 0 aliphatic rings. The molecule has 2 aromatic carbocycles. The highest BCUT2D eigenvalue weighted by Crippen LogP contribution is 2.28. The van der Waals surface area contributed by atoms with Crippen LogP contribution < -0.4 is 9.62 Å². The molecule has 0 heterocycles. The number of amides is 2. The normalized spacial score (nSPS) is 13.1. The number of nitrogens with zero attached hydrogens (tertiary/aromatic N) is 2. The summed E-state index contributed by atoms with van der Waals surface area (Å²) in [6.45, 7) is 8.88. The summed E-state index contributed by atoms with van der Waals surface area (Å²) in [5, 5.41) is 3.64. The molecule has 2 aromatic rings. The first-order valence-corrected chi connectivity index (χ1v) is 14.5. The number of nitrogens with one attached hydrogen (secondary N) is 1. The van der Waals surface area contributed by atoms with Gasteiger partial charge in [-0.3, -0.25) is 13.9 Å². The Morgan fingerprint density at radius 1 is 1.00 bits per heavy atom. The van der Waals surface area contributed by atoms with Gasteiger partial charge < -0.3 is 10.2 Å². The van der Waals surface area contributed by atoms with E-state index in [1.54, 1.807) is 44.2 Å². The SMILES string of the molecule is CC[C@H](C)NC(=O)[C@H](CC)N(Cc1ccc(Cl)c(Cl)c1)C(=O)CN(c1c(C)cccc1C)S(C)(=O)=O. The van der Waals surface area contributed by atoms with Crippen LogP contribution in [0.3, 0.4) is 0 Å². The fraction of sp³-hybridized carbons (Fsp3) is 0.462. The summed E-state index contributed by atoms with van der Waals surface area (Å²) in [4.78, 5) is 28.4. The van der Waals surface area contributed by atoms with E-state index in [1.807, 2.05) is 26.8 Å². The second-order valence-electron chi connectivity index (χ2n) is 9.02. The average molecular weight is 557 g/mol. The molecule has 36 heavy (non-hydrogen) atoms. The Morgan fingerprint density at radius 3 is 2.11 bits per heavy atom. The summed E-state index contributed by atoms with van der Waals surface area (Å²) in [7, 11) is -3.81. The van der Waals surface area contributed by atoms with Crippen LogP contribution in [-0.2, 0) is 26.2 Å². The van der Waals surface area contributed by atoms with Gasteiger partial charge in [0.05, 0.1) is 22.0 Å². The summed E-state index contributed by atoms with van der Waals surface area (Å²) in [6, 6.07) is 9.55. The van der Waals surface area contributed by atoms with Gasteiger partial charge in [0.1, 0.15) is 12.6 Å². The van der Waals surface area contributed by atoms with Crippen molar-refractivity contribution in [3.8, 4) is 0 Å². The van der Waals surface area contributed by atoms with Crippen LogP contribution >= 0.6 is 23.2 Å². The molecule has 2 atom stereocenters. The van der Waals surface area contributed by atoms with Crippen molar-refractivity contribution in [1.29, 1.82) is 0 Å². The number of sulfonamides is 1. The second kappa shape index (κ2) is 12.8. The molecule has 0 spiro atoms. The van der Waals surface area contributed by atoms with E-state index < -0.39 is 28.5 Å². The second-order valence-corrected chi connectivity index (χ2v) is 11.7. The van der Waals surface area contributed by atoms with Gasteiger partial charge in [-0.25, -0.2) is 8.42 Å². The molecule has 0 unspecified atom stereocenters. The lowest BCUT2D eigenvalue weighted by atomic mass is 10.1. The Labute approximate surface area is 224 Å². The standard InChI is InChI=1S/C26H35Cl2N3O4S/c1-7-19(5)29-26(33)23(8-2)30(15-20-12-13-21(27)22(28)14-20)24(32)16-31(36(6,34)35)25-17(3)10-9-11-18(25)4/h9-14,19,23H,7-8,15-16H2,1-6H3,(H,29,33)/t19-,23-/m0/s1. The Morgan fingerprint density at radius 2 is 1.61 bits per heavy atom. The van der Waals surface area contributed by atoms with Gasteiger partial charge in [0.2, 0.25) is 21.8 Å². The van der Waals surface area contributed by atoms with E-state index in [-0.39, 0.29) is 18.5 Å². The lowest BCUT2D eigenvalue weighted by Crippen LogP contribution is -2.53. The molecule has 0 saturated carbocycles. The number of para-hydroxylation sites is 1. The molecular weight excluding hydrogens is 521 g/mol. The molecule has 2 rings (SSSR count). The van der Waals surface area contributed by atoms with Gasteiger partial charge in [0.25, 0.3) is 0 Å². The monoisotopic (exact) mass is 555 g/mol. The van der Waals surface area contributed by atoms with E-state index in [1.165, 1.54) is 4.90 Å². The van der Waals surface area contributed by atoms with Crippen molar-refractivity contribution in [1.82, 2.24) is 10.2 Å². The van der Waals surface area contributed by atoms with E-state index in [0.717, 1.165) is 28.1 Å². The van der Waals surface area contributed by atoms with Crippen LogP contribution in [0.5, 0.6) is 0 Å². The number of carbonyl (C=O) groups is 2. The van der Waals surface area contributed by atoms with Gasteiger partial charge >= 0.3 is 0 Å². The summed E-state index contributed by atoms with van der Waals surface area (Å²) < 4.78 is 26.8. The maximum atomic E-state index is 13.8. The van der Waals surface area contributed by atoms with Crippen LogP contribution in [0.4, 0.5) is 5.69 Å². The highest BCUT2D eigenvalue weighted by molar-refractivity contribution is 7.92. The zero-order valence-electron chi connectivity index (χ0n) is 21.6.